The predicted molar refractivity (Wildman–Crippen MR) is 67.8 cm³/mol. The van der Waals surface area contributed by atoms with E-state index in [0.29, 0.717) is 12.3 Å². The van der Waals surface area contributed by atoms with Crippen LogP contribution < -0.4 is 10.1 Å². The van der Waals surface area contributed by atoms with Gasteiger partial charge in [0.05, 0.1) is 11.0 Å². The van der Waals surface area contributed by atoms with Gasteiger partial charge in [-0.2, -0.15) is 0 Å². The minimum absolute atomic E-state index is 0.0221. The lowest BCUT2D eigenvalue weighted by Crippen LogP contribution is -2.31. The number of benzene rings is 1. The van der Waals surface area contributed by atoms with Crippen molar-refractivity contribution in [2.45, 2.75) is 19.4 Å². The molecular weight excluding hydrogens is 236 g/mol. The molecule has 0 amide bonds. The number of nitro benzene ring substituents is 1. The summed E-state index contributed by atoms with van der Waals surface area (Å²) in [6, 6.07) is 5.91. The molecule has 18 heavy (non-hydrogen) atoms. The van der Waals surface area contributed by atoms with Crippen LogP contribution in [-0.4, -0.2) is 35.8 Å². The number of non-ortho nitro benzene ring substituents is 1. The van der Waals surface area contributed by atoms with Gasteiger partial charge in [0.25, 0.3) is 5.69 Å². The first-order chi connectivity index (χ1) is 8.63. The maximum absolute atomic E-state index is 10.6. The highest BCUT2D eigenvalue weighted by atomic mass is 16.6. The molecule has 0 fully saturated rings. The summed E-state index contributed by atoms with van der Waals surface area (Å²) in [5.74, 6) is 0.388. The minimum Gasteiger partial charge on any atom is -0.491 e. The summed E-state index contributed by atoms with van der Waals surface area (Å²) in [5, 5.41) is 23.2. The zero-order chi connectivity index (χ0) is 13.4. The van der Waals surface area contributed by atoms with Crippen LogP contribution in [0.5, 0.6) is 5.75 Å². The van der Waals surface area contributed by atoms with E-state index in [0.717, 1.165) is 13.0 Å². The molecule has 100 valence electrons. The number of aliphatic hydroxyl groups excluding tert-OH is 1. The molecule has 0 radical (unpaired) electrons. The molecule has 0 aromatic heterocycles. The molecule has 2 N–H and O–H groups in total. The number of ether oxygens (including phenoxy) is 1. The third-order valence-corrected chi connectivity index (χ3v) is 2.28. The van der Waals surface area contributed by atoms with Crippen LogP contribution in [0.4, 0.5) is 5.69 Å². The van der Waals surface area contributed by atoms with E-state index in [2.05, 4.69) is 5.32 Å². The standard InChI is InChI=1S/C12H18N2O4/c1-2-6-13-8-11(15)9-18-12-5-3-4-10(7-12)14(16)17/h3-5,7,11,13,15H,2,6,8-9H2,1H3. The minimum atomic E-state index is -0.629. The molecular formula is C12H18N2O4. The molecule has 1 aromatic rings. The summed E-state index contributed by atoms with van der Waals surface area (Å²) in [5.41, 5.74) is -0.0221. The fourth-order valence-electron chi connectivity index (χ4n) is 1.38. The smallest absolute Gasteiger partial charge is 0.273 e. The van der Waals surface area contributed by atoms with Crippen molar-refractivity contribution < 1.29 is 14.8 Å². The quantitative estimate of drug-likeness (QED) is 0.415. The first-order valence-corrected chi connectivity index (χ1v) is 5.89. The van der Waals surface area contributed by atoms with Gasteiger partial charge in [-0.05, 0) is 19.0 Å². The highest BCUT2D eigenvalue weighted by Gasteiger charge is 2.08. The van der Waals surface area contributed by atoms with Gasteiger partial charge in [-0.25, -0.2) is 0 Å². The number of nitro groups is 1. The monoisotopic (exact) mass is 254 g/mol. The third kappa shape index (κ3) is 5.11. The van der Waals surface area contributed by atoms with E-state index in [9.17, 15) is 15.2 Å². The van der Waals surface area contributed by atoms with Crippen LogP contribution in [0.25, 0.3) is 0 Å². The Morgan fingerprint density at radius 2 is 2.33 bits per heavy atom. The first kappa shape index (κ1) is 14.4. The second-order valence-corrected chi connectivity index (χ2v) is 3.92. The third-order valence-electron chi connectivity index (χ3n) is 2.28. The lowest BCUT2D eigenvalue weighted by molar-refractivity contribution is -0.384. The van der Waals surface area contributed by atoms with Crippen molar-refractivity contribution in [3.05, 3.63) is 34.4 Å². The second kappa shape index (κ2) is 7.62. The Bertz CT molecular complexity index is 384. The van der Waals surface area contributed by atoms with Crippen molar-refractivity contribution in [2.75, 3.05) is 19.7 Å². The summed E-state index contributed by atoms with van der Waals surface area (Å²) >= 11 is 0. The lowest BCUT2D eigenvalue weighted by atomic mass is 10.3. The highest BCUT2D eigenvalue weighted by molar-refractivity contribution is 5.37. The Kier molecular flexibility index (Phi) is 6.10. The molecule has 6 heteroatoms. The molecule has 0 aliphatic carbocycles. The summed E-state index contributed by atoms with van der Waals surface area (Å²) in [7, 11) is 0. The van der Waals surface area contributed by atoms with E-state index >= 15 is 0 Å². The normalized spacial score (nSPS) is 12.1. The Balaban J connectivity index is 2.38. The highest BCUT2D eigenvalue weighted by Crippen LogP contribution is 2.18. The van der Waals surface area contributed by atoms with Crippen molar-refractivity contribution in [3.63, 3.8) is 0 Å². The predicted octanol–water partition coefficient (Wildman–Crippen LogP) is 1.33. The molecule has 1 rings (SSSR count). The fraction of sp³-hybridized carbons (Fsp3) is 0.500. The van der Waals surface area contributed by atoms with Crippen molar-refractivity contribution >= 4 is 5.69 Å². The molecule has 1 aromatic carbocycles. The summed E-state index contributed by atoms with van der Waals surface area (Å²) in [6.07, 6.45) is 0.370. The number of nitrogens with zero attached hydrogens (tertiary/aromatic N) is 1. The molecule has 0 saturated carbocycles. The average Bonchev–Trinajstić information content (AvgIpc) is 2.37. The van der Waals surface area contributed by atoms with Gasteiger partial charge in [-0.3, -0.25) is 10.1 Å². The molecule has 0 saturated heterocycles. The van der Waals surface area contributed by atoms with Crippen LogP contribution >= 0.6 is 0 Å². The van der Waals surface area contributed by atoms with Gasteiger partial charge in [0.2, 0.25) is 0 Å². The molecule has 0 aliphatic heterocycles. The summed E-state index contributed by atoms with van der Waals surface area (Å²) < 4.78 is 5.29. The lowest BCUT2D eigenvalue weighted by Gasteiger charge is -2.12. The zero-order valence-electron chi connectivity index (χ0n) is 10.3. The van der Waals surface area contributed by atoms with Crippen LogP contribution in [0.2, 0.25) is 0 Å². The zero-order valence-corrected chi connectivity index (χ0v) is 10.3. The molecule has 6 nitrogen and oxygen atoms in total. The van der Waals surface area contributed by atoms with Crippen molar-refractivity contribution in [2.24, 2.45) is 0 Å². The second-order valence-electron chi connectivity index (χ2n) is 3.92. The Labute approximate surface area is 106 Å². The van der Waals surface area contributed by atoms with Crippen LogP contribution in [-0.2, 0) is 0 Å². The van der Waals surface area contributed by atoms with Crippen molar-refractivity contribution in [1.29, 1.82) is 0 Å². The van der Waals surface area contributed by atoms with E-state index in [-0.39, 0.29) is 12.3 Å². The summed E-state index contributed by atoms with van der Waals surface area (Å²) in [6.45, 7) is 3.44. The van der Waals surface area contributed by atoms with Gasteiger partial charge in [-0.15, -0.1) is 0 Å². The topological polar surface area (TPSA) is 84.6 Å². The largest absolute Gasteiger partial charge is 0.491 e. The van der Waals surface area contributed by atoms with E-state index in [1.165, 1.54) is 12.1 Å². The van der Waals surface area contributed by atoms with E-state index < -0.39 is 11.0 Å². The van der Waals surface area contributed by atoms with Gasteiger partial charge < -0.3 is 15.2 Å². The number of rotatable bonds is 8. The Morgan fingerprint density at radius 3 is 3.00 bits per heavy atom. The van der Waals surface area contributed by atoms with E-state index in [1.54, 1.807) is 12.1 Å². The van der Waals surface area contributed by atoms with Crippen LogP contribution in [0, 0.1) is 10.1 Å². The number of aliphatic hydroxyl groups is 1. The van der Waals surface area contributed by atoms with Gasteiger partial charge in [0, 0.05) is 12.6 Å². The maximum Gasteiger partial charge on any atom is 0.273 e. The van der Waals surface area contributed by atoms with E-state index in [1.807, 2.05) is 6.92 Å². The van der Waals surface area contributed by atoms with Crippen LogP contribution in [0.3, 0.4) is 0 Å². The van der Waals surface area contributed by atoms with Crippen molar-refractivity contribution in [1.82, 2.24) is 5.32 Å². The van der Waals surface area contributed by atoms with Crippen molar-refractivity contribution in [3.8, 4) is 5.75 Å². The molecule has 0 spiro atoms. The molecule has 0 heterocycles. The van der Waals surface area contributed by atoms with Gasteiger partial charge in [-0.1, -0.05) is 13.0 Å². The molecule has 1 unspecified atom stereocenters. The number of nitrogens with one attached hydrogen (secondary N) is 1. The van der Waals surface area contributed by atoms with E-state index in [4.69, 9.17) is 4.74 Å². The number of hydrogen-bond donors (Lipinski definition) is 2. The van der Waals surface area contributed by atoms with Crippen LogP contribution in [0.15, 0.2) is 24.3 Å². The number of hydrogen-bond acceptors (Lipinski definition) is 5. The Hall–Kier alpha value is -1.66. The average molecular weight is 254 g/mol. The Morgan fingerprint density at radius 1 is 1.56 bits per heavy atom. The first-order valence-electron chi connectivity index (χ1n) is 5.89. The molecule has 0 bridgehead atoms. The molecule has 0 aliphatic rings. The van der Waals surface area contributed by atoms with Gasteiger partial charge in [0.1, 0.15) is 18.5 Å². The van der Waals surface area contributed by atoms with Gasteiger partial charge in [0.15, 0.2) is 0 Å². The van der Waals surface area contributed by atoms with Gasteiger partial charge >= 0.3 is 0 Å². The van der Waals surface area contributed by atoms with Crippen LogP contribution in [0.1, 0.15) is 13.3 Å². The SMILES string of the molecule is CCCNCC(O)COc1cccc([N+](=O)[O-])c1. The fourth-order valence-corrected chi connectivity index (χ4v) is 1.38. The molecule has 1 atom stereocenters. The summed E-state index contributed by atoms with van der Waals surface area (Å²) in [4.78, 5) is 10.1. The maximum atomic E-state index is 10.6.